The van der Waals surface area contributed by atoms with E-state index in [4.69, 9.17) is 16.6 Å². The second-order valence-corrected chi connectivity index (χ2v) is 8.41. The number of thiol groups is 1. The first-order valence-corrected chi connectivity index (χ1v) is 11.5. The van der Waals surface area contributed by atoms with E-state index in [0.717, 1.165) is 16.5 Å². The fourth-order valence-corrected chi connectivity index (χ4v) is 3.56. The first kappa shape index (κ1) is 27.7. The van der Waals surface area contributed by atoms with E-state index in [1.807, 2.05) is 24.3 Å². The summed E-state index contributed by atoms with van der Waals surface area (Å²) >= 11 is 4.10. The first-order chi connectivity index (χ1) is 16.5. The Morgan fingerprint density at radius 2 is 1.66 bits per heavy atom. The predicted octanol–water partition coefficient (Wildman–Crippen LogP) is -1.21. The molecule has 4 atom stereocenters. The summed E-state index contributed by atoms with van der Waals surface area (Å²) in [5.74, 6) is -4.24. The number of nitrogens with two attached hydrogens (primary N) is 2. The van der Waals surface area contributed by atoms with Crippen LogP contribution in [-0.2, 0) is 30.4 Å². The number of carbonyl (C=O) groups is 5. The molecule has 0 spiro atoms. The second kappa shape index (κ2) is 12.8. The van der Waals surface area contributed by atoms with Crippen molar-refractivity contribution < 1.29 is 29.1 Å². The van der Waals surface area contributed by atoms with Gasteiger partial charge in [0.2, 0.25) is 23.6 Å². The first-order valence-electron chi connectivity index (χ1n) is 10.9. The fourth-order valence-electron chi connectivity index (χ4n) is 3.31. The monoisotopic (exact) mass is 506 g/mol. The zero-order valence-corrected chi connectivity index (χ0v) is 20.0. The maximum Gasteiger partial charge on any atom is 0.325 e. The average Bonchev–Trinajstić information content (AvgIpc) is 3.22. The third-order valence-electron chi connectivity index (χ3n) is 5.31. The molecule has 13 heteroatoms. The normalized spacial score (nSPS) is 14.4. The van der Waals surface area contributed by atoms with Gasteiger partial charge in [0.15, 0.2) is 0 Å². The highest BCUT2D eigenvalue weighted by Crippen LogP contribution is 2.18. The number of para-hydroxylation sites is 1. The summed E-state index contributed by atoms with van der Waals surface area (Å²) in [5.41, 5.74) is 12.9. The van der Waals surface area contributed by atoms with Gasteiger partial charge in [-0.2, -0.15) is 12.6 Å². The molecule has 2 rings (SSSR count). The lowest BCUT2D eigenvalue weighted by Gasteiger charge is -2.23. The molecule has 190 valence electrons. The van der Waals surface area contributed by atoms with E-state index in [-0.39, 0.29) is 25.0 Å². The topological polar surface area (TPSA) is 209 Å². The van der Waals surface area contributed by atoms with Crippen molar-refractivity contribution in [3.05, 3.63) is 36.0 Å². The molecule has 1 aromatic heterocycles. The van der Waals surface area contributed by atoms with Gasteiger partial charge in [-0.05, 0) is 31.4 Å². The van der Waals surface area contributed by atoms with Gasteiger partial charge in [-0.25, -0.2) is 0 Å². The molecule has 0 aliphatic rings. The Balaban J connectivity index is 2.03. The number of rotatable bonds is 13. The van der Waals surface area contributed by atoms with Gasteiger partial charge >= 0.3 is 5.97 Å². The van der Waals surface area contributed by atoms with Crippen molar-refractivity contribution in [1.29, 1.82) is 0 Å². The molecule has 4 amide bonds. The molecule has 0 radical (unpaired) electrons. The van der Waals surface area contributed by atoms with Gasteiger partial charge in [-0.1, -0.05) is 18.2 Å². The molecule has 0 aliphatic carbocycles. The molecule has 0 bridgehead atoms. The van der Waals surface area contributed by atoms with Crippen molar-refractivity contribution in [2.24, 2.45) is 11.5 Å². The zero-order valence-electron chi connectivity index (χ0n) is 19.1. The van der Waals surface area contributed by atoms with Crippen LogP contribution in [0.4, 0.5) is 0 Å². The number of aromatic nitrogens is 1. The molecule has 35 heavy (non-hydrogen) atoms. The molecule has 9 N–H and O–H groups in total. The van der Waals surface area contributed by atoms with Crippen molar-refractivity contribution in [2.75, 3.05) is 5.75 Å². The molecule has 0 aliphatic heterocycles. The smallest absolute Gasteiger partial charge is 0.325 e. The summed E-state index contributed by atoms with van der Waals surface area (Å²) in [5, 5.41) is 17.1. The van der Waals surface area contributed by atoms with Crippen molar-refractivity contribution in [2.45, 2.75) is 50.4 Å². The lowest BCUT2D eigenvalue weighted by molar-refractivity contribution is -0.142. The maximum absolute atomic E-state index is 12.8. The van der Waals surface area contributed by atoms with Crippen LogP contribution in [0.2, 0.25) is 0 Å². The summed E-state index contributed by atoms with van der Waals surface area (Å²) < 4.78 is 0. The molecule has 0 fully saturated rings. The van der Waals surface area contributed by atoms with Crippen LogP contribution < -0.4 is 27.4 Å². The fraction of sp³-hybridized carbons (Fsp3) is 0.409. The van der Waals surface area contributed by atoms with Gasteiger partial charge in [0.25, 0.3) is 0 Å². The van der Waals surface area contributed by atoms with Crippen LogP contribution in [0.3, 0.4) is 0 Å². The van der Waals surface area contributed by atoms with Crippen LogP contribution in [0.1, 0.15) is 25.3 Å². The number of hydrogen-bond donors (Lipinski definition) is 8. The Morgan fingerprint density at radius 1 is 1.03 bits per heavy atom. The molecule has 1 aromatic carbocycles. The highest BCUT2D eigenvalue weighted by molar-refractivity contribution is 7.80. The summed E-state index contributed by atoms with van der Waals surface area (Å²) in [7, 11) is 0. The van der Waals surface area contributed by atoms with E-state index < -0.39 is 53.8 Å². The number of carboxylic acid groups (broad SMARTS) is 1. The van der Waals surface area contributed by atoms with Crippen LogP contribution in [-0.4, -0.2) is 69.6 Å². The third-order valence-corrected chi connectivity index (χ3v) is 5.67. The van der Waals surface area contributed by atoms with Crippen molar-refractivity contribution in [3.63, 3.8) is 0 Å². The molecular formula is C22H30N6O6S. The van der Waals surface area contributed by atoms with E-state index in [1.54, 1.807) is 6.20 Å². The molecule has 0 saturated carbocycles. The largest absolute Gasteiger partial charge is 0.480 e. The number of carbonyl (C=O) groups excluding carboxylic acids is 4. The van der Waals surface area contributed by atoms with Crippen LogP contribution in [0.25, 0.3) is 10.9 Å². The van der Waals surface area contributed by atoms with Crippen molar-refractivity contribution in [1.82, 2.24) is 20.9 Å². The van der Waals surface area contributed by atoms with E-state index in [2.05, 4.69) is 33.6 Å². The van der Waals surface area contributed by atoms with Gasteiger partial charge in [-0.3, -0.25) is 24.0 Å². The summed E-state index contributed by atoms with van der Waals surface area (Å²) in [4.78, 5) is 63.2. The predicted molar refractivity (Wildman–Crippen MR) is 131 cm³/mol. The number of benzene rings is 1. The van der Waals surface area contributed by atoms with E-state index in [0.29, 0.717) is 0 Å². The Bertz CT molecular complexity index is 1090. The maximum atomic E-state index is 12.8. The quantitative estimate of drug-likeness (QED) is 0.155. The molecule has 1 heterocycles. The summed E-state index contributed by atoms with van der Waals surface area (Å²) in [6.45, 7) is 1.25. The molecule has 12 nitrogen and oxygen atoms in total. The van der Waals surface area contributed by atoms with Crippen molar-refractivity contribution >= 4 is 53.1 Å². The average molecular weight is 507 g/mol. The standard InChI is InChI=1S/C22H30N6O6S/c1-11(22(33)34)26-20(31)16(6-7-18(24)29)27-21(32)17(10-35)28-19(30)14(23)8-12-9-25-15-5-3-2-4-13(12)15/h2-5,9,11,14,16-17,25,35H,6-8,10,23H2,1H3,(H2,24,29)(H,26,31)(H,27,32)(H,28,30)(H,33,34). The molecule has 0 saturated heterocycles. The number of hydrogen-bond acceptors (Lipinski definition) is 7. The van der Waals surface area contributed by atoms with Crippen molar-refractivity contribution in [3.8, 4) is 0 Å². The number of H-pyrrole nitrogens is 1. The minimum Gasteiger partial charge on any atom is -0.480 e. The van der Waals surface area contributed by atoms with Crippen LogP contribution >= 0.6 is 12.6 Å². The highest BCUT2D eigenvalue weighted by Gasteiger charge is 2.29. The van der Waals surface area contributed by atoms with Gasteiger partial charge in [0.05, 0.1) is 6.04 Å². The molecule has 4 unspecified atom stereocenters. The number of fused-ring (bicyclic) bond motifs is 1. The van der Waals surface area contributed by atoms with E-state index in [9.17, 15) is 24.0 Å². The number of aromatic amines is 1. The Morgan fingerprint density at radius 3 is 2.29 bits per heavy atom. The second-order valence-electron chi connectivity index (χ2n) is 8.05. The van der Waals surface area contributed by atoms with Gasteiger partial charge in [-0.15, -0.1) is 0 Å². The summed E-state index contributed by atoms with van der Waals surface area (Å²) in [6, 6.07) is 2.97. The number of amides is 4. The Hall–Kier alpha value is -3.58. The molecule has 2 aromatic rings. The van der Waals surface area contributed by atoms with Gasteiger partial charge in [0, 0.05) is 29.3 Å². The lowest BCUT2D eigenvalue weighted by atomic mass is 10.0. The minimum atomic E-state index is -1.27. The van der Waals surface area contributed by atoms with Crippen LogP contribution in [0.5, 0.6) is 0 Å². The molecular weight excluding hydrogens is 476 g/mol. The number of aliphatic carboxylic acids is 1. The number of primary amides is 1. The zero-order chi connectivity index (χ0) is 26.1. The highest BCUT2D eigenvalue weighted by atomic mass is 32.1. The summed E-state index contributed by atoms with van der Waals surface area (Å²) in [6.07, 6.45) is 1.59. The lowest BCUT2D eigenvalue weighted by Crippen LogP contribution is -2.57. The Kier molecular flexibility index (Phi) is 10.1. The van der Waals surface area contributed by atoms with E-state index in [1.165, 1.54) is 6.92 Å². The van der Waals surface area contributed by atoms with Crippen LogP contribution in [0, 0.1) is 0 Å². The number of nitrogens with one attached hydrogen (secondary N) is 4. The minimum absolute atomic E-state index is 0.104. The van der Waals surface area contributed by atoms with Gasteiger partial charge < -0.3 is 37.5 Å². The number of carboxylic acids is 1. The third kappa shape index (κ3) is 8.00. The van der Waals surface area contributed by atoms with E-state index >= 15 is 0 Å². The van der Waals surface area contributed by atoms with Crippen LogP contribution in [0.15, 0.2) is 30.5 Å². The SMILES string of the molecule is CC(NC(=O)C(CCC(N)=O)NC(=O)C(CS)NC(=O)C(N)Cc1c[nH]c2ccccc12)C(=O)O. The Labute approximate surface area is 207 Å². The van der Waals surface area contributed by atoms with Gasteiger partial charge in [0.1, 0.15) is 18.1 Å².